The fourth-order valence-corrected chi connectivity index (χ4v) is 10.5. The van der Waals surface area contributed by atoms with Crippen LogP contribution in [0.25, 0.3) is 22.2 Å². The highest BCUT2D eigenvalue weighted by molar-refractivity contribution is 9.11. The Labute approximate surface area is 466 Å². The topological polar surface area (TPSA) is 280 Å². The first-order valence-corrected chi connectivity index (χ1v) is 28.2. The molecule has 6 rings (SSSR count). The molecule has 22 heteroatoms. The first kappa shape index (κ1) is 60.3. The van der Waals surface area contributed by atoms with E-state index < -0.39 is 47.4 Å². The Morgan fingerprint density at radius 1 is 0.779 bits per heavy atom. The van der Waals surface area contributed by atoms with Gasteiger partial charge in [-0.3, -0.25) is 34.0 Å². The molecule has 1 saturated heterocycles. The number of hydrogen-bond acceptors (Lipinski definition) is 16. The van der Waals surface area contributed by atoms with Crippen molar-refractivity contribution >= 4 is 84.1 Å². The Morgan fingerprint density at radius 3 is 2.14 bits per heavy atom. The van der Waals surface area contributed by atoms with Crippen LogP contribution >= 0.6 is 31.9 Å². The molecule has 1 fully saturated rings. The van der Waals surface area contributed by atoms with Gasteiger partial charge >= 0.3 is 0 Å². The van der Waals surface area contributed by atoms with Crippen molar-refractivity contribution in [2.24, 2.45) is 17.8 Å². The Hall–Kier alpha value is -5.94. The number of aryl methyl sites for hydroxylation is 2. The van der Waals surface area contributed by atoms with Gasteiger partial charge in [0.15, 0.2) is 11.4 Å². The second-order valence-corrected chi connectivity index (χ2v) is 21.2. The highest BCUT2D eigenvalue weighted by Gasteiger charge is 2.46. The number of halogens is 2. The van der Waals surface area contributed by atoms with E-state index in [0.717, 1.165) is 103 Å². The van der Waals surface area contributed by atoms with Crippen LogP contribution < -0.4 is 32.2 Å². The van der Waals surface area contributed by atoms with Crippen LogP contribution in [0.1, 0.15) is 115 Å². The molecule has 416 valence electrons. The summed E-state index contributed by atoms with van der Waals surface area (Å²) in [4.78, 5) is 76.8. The molecule has 5 aromatic rings. The lowest BCUT2D eigenvalue weighted by Gasteiger charge is -2.26. The smallest absolute Gasteiger partial charge is 0.238 e. The monoisotopic (exact) mass is 1190 g/mol. The summed E-state index contributed by atoms with van der Waals surface area (Å²) in [6, 6.07) is 13.3. The lowest BCUT2D eigenvalue weighted by Crippen LogP contribution is -2.49. The van der Waals surface area contributed by atoms with Crippen molar-refractivity contribution in [3.05, 3.63) is 81.1 Å². The quantitative estimate of drug-likeness (QED) is 0.0147. The van der Waals surface area contributed by atoms with Crippen molar-refractivity contribution < 1.29 is 42.9 Å². The maximum Gasteiger partial charge on any atom is 0.238 e. The second kappa shape index (κ2) is 31.5. The Morgan fingerprint density at radius 2 is 1.45 bits per heavy atom. The van der Waals surface area contributed by atoms with Crippen LogP contribution in [-0.4, -0.2) is 112 Å². The molecule has 0 unspecified atom stereocenters. The van der Waals surface area contributed by atoms with Crippen molar-refractivity contribution in [1.82, 2.24) is 45.9 Å². The highest BCUT2D eigenvalue weighted by atomic mass is 79.9. The number of pyridine rings is 1. The summed E-state index contributed by atoms with van der Waals surface area (Å²) < 4.78 is 26.6. The summed E-state index contributed by atoms with van der Waals surface area (Å²) in [6.45, 7) is 9.20. The van der Waals surface area contributed by atoms with Gasteiger partial charge in [0.05, 0.1) is 67.6 Å². The summed E-state index contributed by atoms with van der Waals surface area (Å²) in [5, 5.41) is 17.4. The number of unbranched alkanes of at least 4 members (excludes halogenated alkanes) is 8. The van der Waals surface area contributed by atoms with Crippen LogP contribution in [0.4, 0.5) is 11.8 Å². The number of nitrogens with one attached hydrogen (secondary N) is 3. The van der Waals surface area contributed by atoms with E-state index in [9.17, 15) is 24.0 Å². The number of fused-ring (bicyclic) bond motifs is 1. The Kier molecular flexibility index (Phi) is 24.6. The predicted octanol–water partition coefficient (Wildman–Crippen LogP) is 7.80. The van der Waals surface area contributed by atoms with Crippen molar-refractivity contribution in [3.63, 3.8) is 0 Å². The van der Waals surface area contributed by atoms with Gasteiger partial charge in [-0.1, -0.05) is 111 Å². The third-order valence-corrected chi connectivity index (χ3v) is 14.7. The van der Waals surface area contributed by atoms with E-state index in [1.807, 2.05) is 59.4 Å². The standard InChI is InChI=1S/C55H73Br2N11O9/c1-35(2)49(50(71)46-36(3)53(72)65-54(46)73)62-45(70)32-42(37-17-11-10-12-18-37)61-44(69)20-13-8-6-4-5-7-9-15-23-68-34-39(66-67-68)19-14-16-24-74-25-26-75-27-28-76-29-30-77-43-22-21-41(56)47(48(43)57)40-31-38-33-60-55(59)64-52(38)63-51(40)58/h10-12,17-18,21-22,31,33-36,42,46,49H,4-9,13-16,19-20,23-30,32H2,1-3H3,(H,61,69)(H,62,70)(H,65,72,73)(H4,58,59,60,63,64)/t36-,42-,46+,49-/m0/s1. The molecule has 1 aliphatic rings. The van der Waals surface area contributed by atoms with Gasteiger partial charge in [-0.15, -0.1) is 5.10 Å². The SMILES string of the molecule is CC(C)[C@H](NC(=O)C[C@H](NC(=O)CCCCCCCCCCn1cc(CCCCOCCOCCOCCOc2ccc(Br)c(-c3cc4cnc(N)nc4nc3N)c2Br)nn1)c1ccccc1)C(=O)[C@@H]1C(=O)NC(=O)[C@H]1C. The van der Waals surface area contributed by atoms with Crippen LogP contribution in [0.2, 0.25) is 0 Å². The van der Waals surface area contributed by atoms with Gasteiger partial charge in [0.25, 0.3) is 0 Å². The summed E-state index contributed by atoms with van der Waals surface area (Å²) in [5.74, 6) is -3.41. The number of hydrogen-bond donors (Lipinski definition) is 5. The zero-order valence-electron chi connectivity index (χ0n) is 44.3. The second-order valence-electron chi connectivity index (χ2n) is 19.5. The van der Waals surface area contributed by atoms with E-state index in [1.54, 1.807) is 20.0 Å². The minimum absolute atomic E-state index is 0.0831. The number of nitrogens with zero attached hydrogens (tertiary/aromatic N) is 6. The minimum Gasteiger partial charge on any atom is -0.490 e. The number of benzene rings is 2. The van der Waals surface area contributed by atoms with Crippen LogP contribution in [0.15, 0.2) is 69.9 Å². The van der Waals surface area contributed by atoms with Crippen LogP contribution in [0, 0.1) is 17.8 Å². The number of ketones is 1. The van der Waals surface area contributed by atoms with Crippen LogP contribution in [0.5, 0.6) is 5.75 Å². The number of Topliss-reactive ketones (excluding diaryl/α,β-unsaturated/α-hetero) is 1. The third kappa shape index (κ3) is 18.9. The number of amides is 4. The van der Waals surface area contributed by atoms with E-state index in [-0.39, 0.29) is 24.2 Å². The highest BCUT2D eigenvalue weighted by Crippen LogP contribution is 2.43. The molecule has 20 nitrogen and oxygen atoms in total. The molecule has 3 aromatic heterocycles. The zero-order chi connectivity index (χ0) is 55.1. The molecule has 0 radical (unpaired) electrons. The molecule has 0 saturated carbocycles. The molecular weight excluding hydrogens is 1120 g/mol. The zero-order valence-corrected chi connectivity index (χ0v) is 47.4. The normalized spacial score (nSPS) is 15.2. The molecular formula is C55H73Br2N11O9. The van der Waals surface area contributed by atoms with E-state index in [0.29, 0.717) is 80.8 Å². The summed E-state index contributed by atoms with van der Waals surface area (Å²) in [7, 11) is 0. The lowest BCUT2D eigenvalue weighted by atomic mass is 9.85. The predicted molar refractivity (Wildman–Crippen MR) is 299 cm³/mol. The summed E-state index contributed by atoms with van der Waals surface area (Å²) in [6.07, 6.45) is 14.9. The fraction of sp³-hybridized carbons (Fsp3) is 0.527. The van der Waals surface area contributed by atoms with Crippen molar-refractivity contribution in [1.29, 1.82) is 0 Å². The van der Waals surface area contributed by atoms with Gasteiger partial charge in [-0.25, -0.2) is 9.97 Å². The largest absolute Gasteiger partial charge is 0.490 e. The molecule has 7 N–H and O–H groups in total. The first-order valence-electron chi connectivity index (χ1n) is 26.6. The number of nitrogens with two attached hydrogens (primary N) is 2. The third-order valence-electron chi connectivity index (χ3n) is 13.2. The average Bonchev–Trinajstić information content (AvgIpc) is 4.01. The fourth-order valence-electron chi connectivity index (χ4n) is 8.98. The molecule has 77 heavy (non-hydrogen) atoms. The van der Waals surface area contributed by atoms with E-state index in [4.69, 9.17) is 30.4 Å². The van der Waals surface area contributed by atoms with Gasteiger partial charge in [0.2, 0.25) is 29.6 Å². The van der Waals surface area contributed by atoms with Crippen molar-refractivity contribution in [2.45, 2.75) is 123 Å². The number of carbonyl (C=O) groups is 5. The van der Waals surface area contributed by atoms with Gasteiger partial charge < -0.3 is 41.0 Å². The molecule has 2 aromatic carbocycles. The van der Waals surface area contributed by atoms with Crippen LogP contribution in [-0.2, 0) is 51.1 Å². The van der Waals surface area contributed by atoms with Crippen molar-refractivity contribution in [2.75, 3.05) is 57.7 Å². The molecule has 0 spiro atoms. The maximum atomic E-state index is 13.4. The van der Waals surface area contributed by atoms with Gasteiger partial charge in [-0.2, -0.15) is 4.98 Å². The minimum atomic E-state index is -1.15. The van der Waals surface area contributed by atoms with E-state index in [2.05, 4.69) is 73.1 Å². The molecule has 0 bridgehead atoms. The number of carbonyl (C=O) groups excluding carboxylic acids is 5. The molecule has 0 aliphatic carbocycles. The van der Waals surface area contributed by atoms with Crippen LogP contribution in [0.3, 0.4) is 0 Å². The lowest BCUT2D eigenvalue weighted by molar-refractivity contribution is -0.137. The number of anilines is 2. The Balaban J connectivity index is 0.733. The molecule has 4 amide bonds. The van der Waals surface area contributed by atoms with Gasteiger partial charge in [0.1, 0.15) is 24.1 Å². The van der Waals surface area contributed by atoms with E-state index in [1.165, 1.54) is 6.92 Å². The average molecular weight is 1190 g/mol. The maximum absolute atomic E-state index is 13.4. The number of nitrogen functional groups attached to an aromatic ring is 2. The molecule has 4 heterocycles. The number of ether oxygens (including phenoxy) is 4. The number of aromatic nitrogens is 6. The summed E-state index contributed by atoms with van der Waals surface area (Å²) >= 11 is 7.30. The Bertz CT molecular complexity index is 2730. The molecule has 1 aliphatic heterocycles. The summed E-state index contributed by atoms with van der Waals surface area (Å²) in [5.41, 5.74) is 15.7. The van der Waals surface area contributed by atoms with Gasteiger partial charge in [0, 0.05) is 53.0 Å². The number of imide groups is 1. The molecule has 4 atom stereocenters. The first-order chi connectivity index (χ1) is 37.2. The van der Waals surface area contributed by atoms with Gasteiger partial charge in [-0.05, 0) is 77.7 Å². The number of rotatable bonds is 35. The van der Waals surface area contributed by atoms with Crippen molar-refractivity contribution in [3.8, 4) is 16.9 Å². The van der Waals surface area contributed by atoms with E-state index >= 15 is 0 Å².